The van der Waals surface area contributed by atoms with Crippen molar-refractivity contribution in [3.63, 3.8) is 0 Å². The van der Waals surface area contributed by atoms with Crippen molar-refractivity contribution in [2.24, 2.45) is 5.73 Å². The van der Waals surface area contributed by atoms with E-state index in [9.17, 15) is 0 Å². The first-order chi connectivity index (χ1) is 3.81. The van der Waals surface area contributed by atoms with Gasteiger partial charge in [-0.15, -0.1) is 0 Å². The first-order valence-electron chi connectivity index (χ1n) is 2.80. The summed E-state index contributed by atoms with van der Waals surface area (Å²) in [6, 6.07) is 0. The van der Waals surface area contributed by atoms with Crippen LogP contribution in [0.25, 0.3) is 0 Å². The highest BCUT2D eigenvalue weighted by Gasteiger charge is 1.97. The normalized spacial score (nSPS) is 13.9. The molecule has 4 N–H and O–H groups in total. The third-order valence-corrected chi connectivity index (χ3v) is 0.952. The first kappa shape index (κ1) is 7.88. The third-order valence-electron chi connectivity index (χ3n) is 0.952. The molecular formula is C5H13NO2. The van der Waals surface area contributed by atoms with Crippen molar-refractivity contribution in [3.05, 3.63) is 0 Å². The molecule has 0 saturated carbocycles. The largest absolute Gasteiger partial charge is 0.394 e. The number of nitrogens with two attached hydrogens (primary N) is 1. The second-order valence-electron chi connectivity index (χ2n) is 1.77. The van der Waals surface area contributed by atoms with Crippen LogP contribution in [0, 0.1) is 0 Å². The Morgan fingerprint density at radius 2 is 2.12 bits per heavy atom. The van der Waals surface area contributed by atoms with E-state index in [1.54, 1.807) is 0 Å². The summed E-state index contributed by atoms with van der Waals surface area (Å²) < 4.78 is 0. The zero-order valence-corrected chi connectivity index (χ0v) is 4.88. The van der Waals surface area contributed by atoms with Gasteiger partial charge in [0.25, 0.3) is 0 Å². The molecule has 0 aromatic rings. The Labute approximate surface area is 49.1 Å². The van der Waals surface area contributed by atoms with Gasteiger partial charge in [-0.3, -0.25) is 0 Å². The molecule has 0 aliphatic carbocycles. The van der Waals surface area contributed by atoms with Crippen LogP contribution in [0.1, 0.15) is 12.8 Å². The molecule has 0 radical (unpaired) electrons. The van der Waals surface area contributed by atoms with Gasteiger partial charge < -0.3 is 15.9 Å². The average Bonchev–Trinajstić information content (AvgIpc) is 1.83. The van der Waals surface area contributed by atoms with Crippen molar-refractivity contribution >= 4 is 0 Å². The monoisotopic (exact) mass is 119 g/mol. The van der Waals surface area contributed by atoms with Gasteiger partial charge in [0, 0.05) is 0 Å². The van der Waals surface area contributed by atoms with Crippen LogP contribution >= 0.6 is 0 Å². The lowest BCUT2D eigenvalue weighted by molar-refractivity contribution is 0.0871. The van der Waals surface area contributed by atoms with E-state index in [1.165, 1.54) is 0 Å². The molecule has 1 atom stereocenters. The van der Waals surface area contributed by atoms with E-state index in [-0.39, 0.29) is 6.61 Å². The highest BCUT2D eigenvalue weighted by Crippen LogP contribution is 1.92. The number of rotatable bonds is 4. The van der Waals surface area contributed by atoms with E-state index in [0.717, 1.165) is 6.42 Å². The zero-order chi connectivity index (χ0) is 6.41. The van der Waals surface area contributed by atoms with Gasteiger partial charge in [-0.2, -0.15) is 0 Å². The van der Waals surface area contributed by atoms with Crippen molar-refractivity contribution in [1.29, 1.82) is 0 Å². The summed E-state index contributed by atoms with van der Waals surface area (Å²) >= 11 is 0. The predicted molar refractivity (Wildman–Crippen MR) is 31.4 cm³/mol. The topological polar surface area (TPSA) is 66.5 Å². The van der Waals surface area contributed by atoms with Crippen LogP contribution in [0.4, 0.5) is 0 Å². The van der Waals surface area contributed by atoms with E-state index < -0.39 is 6.10 Å². The Hall–Kier alpha value is -0.120. The molecule has 0 amide bonds. The van der Waals surface area contributed by atoms with Crippen LogP contribution in [0.2, 0.25) is 0 Å². The second-order valence-corrected chi connectivity index (χ2v) is 1.77. The Bertz CT molecular complexity index is 49.7. The number of hydrogen-bond donors (Lipinski definition) is 3. The molecule has 0 aromatic heterocycles. The summed E-state index contributed by atoms with van der Waals surface area (Å²) in [7, 11) is 0. The summed E-state index contributed by atoms with van der Waals surface area (Å²) in [5.74, 6) is 0. The molecule has 3 heteroatoms. The fourth-order valence-electron chi connectivity index (χ4n) is 0.445. The molecular weight excluding hydrogens is 106 g/mol. The molecule has 1 unspecified atom stereocenters. The molecule has 50 valence electrons. The van der Waals surface area contributed by atoms with E-state index in [1.807, 2.05) is 0 Å². The number of aliphatic hydroxyl groups is 2. The van der Waals surface area contributed by atoms with E-state index >= 15 is 0 Å². The van der Waals surface area contributed by atoms with Gasteiger partial charge in [-0.1, -0.05) is 0 Å². The summed E-state index contributed by atoms with van der Waals surface area (Å²) in [6.45, 7) is 0.428. The van der Waals surface area contributed by atoms with Gasteiger partial charge in [-0.25, -0.2) is 0 Å². The predicted octanol–water partition coefficient (Wildman–Crippen LogP) is -0.921. The Balaban J connectivity index is 2.86. The van der Waals surface area contributed by atoms with Gasteiger partial charge in [0.05, 0.1) is 12.7 Å². The maximum absolute atomic E-state index is 8.68. The van der Waals surface area contributed by atoms with Crippen LogP contribution < -0.4 is 5.73 Å². The Morgan fingerprint density at radius 3 is 2.50 bits per heavy atom. The molecule has 3 nitrogen and oxygen atoms in total. The van der Waals surface area contributed by atoms with Crippen molar-refractivity contribution < 1.29 is 10.2 Å². The molecule has 0 aromatic carbocycles. The van der Waals surface area contributed by atoms with Crippen molar-refractivity contribution in [2.45, 2.75) is 18.9 Å². The maximum atomic E-state index is 8.68. The SMILES string of the molecule is NCCCC(O)CO. The average molecular weight is 119 g/mol. The van der Waals surface area contributed by atoms with Crippen LogP contribution in [-0.2, 0) is 0 Å². The fraction of sp³-hybridized carbons (Fsp3) is 1.00. The van der Waals surface area contributed by atoms with Crippen molar-refractivity contribution in [1.82, 2.24) is 0 Å². The van der Waals surface area contributed by atoms with E-state index in [2.05, 4.69) is 0 Å². The Kier molecular flexibility index (Phi) is 4.95. The van der Waals surface area contributed by atoms with Gasteiger partial charge in [-0.05, 0) is 19.4 Å². The standard InChI is InChI=1S/C5H13NO2/c6-3-1-2-5(8)4-7/h5,7-8H,1-4,6H2. The molecule has 0 bridgehead atoms. The molecule has 0 fully saturated rings. The zero-order valence-electron chi connectivity index (χ0n) is 4.88. The third kappa shape index (κ3) is 4.05. The van der Waals surface area contributed by atoms with Gasteiger partial charge in [0.2, 0.25) is 0 Å². The molecule has 0 heterocycles. The lowest BCUT2D eigenvalue weighted by Crippen LogP contribution is -2.13. The van der Waals surface area contributed by atoms with Crippen LogP contribution in [0.15, 0.2) is 0 Å². The molecule has 0 saturated heterocycles. The molecule has 0 aliphatic rings. The smallest absolute Gasteiger partial charge is 0.0771 e. The highest BCUT2D eigenvalue weighted by atomic mass is 16.3. The highest BCUT2D eigenvalue weighted by molar-refractivity contribution is 4.51. The summed E-state index contributed by atoms with van der Waals surface area (Å²) in [5.41, 5.74) is 5.14. The minimum atomic E-state index is -0.571. The fourth-order valence-corrected chi connectivity index (χ4v) is 0.445. The van der Waals surface area contributed by atoms with Gasteiger partial charge in [0.1, 0.15) is 0 Å². The van der Waals surface area contributed by atoms with Gasteiger partial charge >= 0.3 is 0 Å². The summed E-state index contributed by atoms with van der Waals surface area (Å²) in [6.07, 6.45) is 0.813. The molecule has 0 rings (SSSR count). The quantitative estimate of drug-likeness (QED) is 0.448. The van der Waals surface area contributed by atoms with Crippen LogP contribution in [0.5, 0.6) is 0 Å². The molecule has 0 aliphatic heterocycles. The number of hydrogen-bond acceptors (Lipinski definition) is 3. The van der Waals surface area contributed by atoms with E-state index in [0.29, 0.717) is 13.0 Å². The Morgan fingerprint density at radius 1 is 1.50 bits per heavy atom. The number of aliphatic hydroxyl groups excluding tert-OH is 2. The summed E-state index contributed by atoms with van der Waals surface area (Å²) in [4.78, 5) is 0. The van der Waals surface area contributed by atoms with Crippen LogP contribution in [0.3, 0.4) is 0 Å². The minimum absolute atomic E-state index is 0.153. The minimum Gasteiger partial charge on any atom is -0.394 e. The van der Waals surface area contributed by atoms with Crippen LogP contribution in [-0.4, -0.2) is 29.5 Å². The van der Waals surface area contributed by atoms with Gasteiger partial charge in [0.15, 0.2) is 0 Å². The van der Waals surface area contributed by atoms with Crippen molar-refractivity contribution in [2.75, 3.05) is 13.2 Å². The van der Waals surface area contributed by atoms with E-state index in [4.69, 9.17) is 15.9 Å². The molecule has 8 heavy (non-hydrogen) atoms. The lowest BCUT2D eigenvalue weighted by Gasteiger charge is -2.02. The summed E-state index contributed by atoms with van der Waals surface area (Å²) in [5, 5.41) is 17.0. The second kappa shape index (κ2) is 5.03. The lowest BCUT2D eigenvalue weighted by atomic mass is 10.2. The van der Waals surface area contributed by atoms with Crippen molar-refractivity contribution in [3.8, 4) is 0 Å². The first-order valence-corrected chi connectivity index (χ1v) is 2.80. The molecule has 0 spiro atoms. The maximum Gasteiger partial charge on any atom is 0.0771 e.